The Morgan fingerprint density at radius 1 is 1.06 bits per heavy atom. The third-order valence-corrected chi connectivity index (χ3v) is 5.58. The average molecular weight is 461 g/mol. The van der Waals surface area contributed by atoms with Crippen molar-refractivity contribution in [1.29, 1.82) is 0 Å². The highest BCUT2D eigenvalue weighted by molar-refractivity contribution is 6.36. The maximum Gasteiger partial charge on any atom is 0.226 e. The fourth-order valence-electron chi connectivity index (χ4n) is 3.09. The van der Waals surface area contributed by atoms with E-state index in [9.17, 15) is 0 Å². The summed E-state index contributed by atoms with van der Waals surface area (Å²) in [5.41, 5.74) is 1.77. The van der Waals surface area contributed by atoms with Gasteiger partial charge in [0.1, 0.15) is 10.8 Å². The van der Waals surface area contributed by atoms with Gasteiger partial charge in [-0.2, -0.15) is 15.1 Å². The highest BCUT2D eigenvalue weighted by Crippen LogP contribution is 2.40. The molecular weight excluding hydrogens is 435 g/mol. The minimum Gasteiger partial charge on any atom is -0.354 e. The van der Waals surface area contributed by atoms with E-state index in [-0.39, 0.29) is 0 Å². The van der Waals surface area contributed by atoms with Crippen LogP contribution in [0.5, 0.6) is 0 Å². The minimum absolute atomic E-state index is 0.362. The summed E-state index contributed by atoms with van der Waals surface area (Å²) >= 11 is 13.0. The Balaban J connectivity index is 1.56. The molecule has 0 spiro atoms. The summed E-state index contributed by atoms with van der Waals surface area (Å²) in [6.07, 6.45) is 3.32. The molecule has 4 rings (SSSR count). The topological polar surface area (TPSA) is 103 Å². The van der Waals surface area contributed by atoms with Gasteiger partial charge in [-0.15, -0.1) is 0 Å². The van der Waals surface area contributed by atoms with Crippen molar-refractivity contribution in [3.05, 3.63) is 46.1 Å². The predicted octanol–water partition coefficient (Wildman–Crippen LogP) is 5.28. The van der Waals surface area contributed by atoms with Gasteiger partial charge in [-0.3, -0.25) is 5.10 Å². The second-order valence-corrected chi connectivity index (χ2v) is 8.19. The molecule has 0 unspecified atom stereocenters. The lowest BCUT2D eigenvalue weighted by Gasteiger charge is -2.15. The normalized spacial score (nSPS) is 13.3. The molecule has 8 nitrogen and oxygen atoms in total. The molecule has 1 saturated carbocycles. The van der Waals surface area contributed by atoms with E-state index in [1.165, 1.54) is 12.8 Å². The van der Waals surface area contributed by atoms with Gasteiger partial charge in [0.2, 0.25) is 5.95 Å². The summed E-state index contributed by atoms with van der Waals surface area (Å²) in [5, 5.41) is 21.4. The van der Waals surface area contributed by atoms with Crippen molar-refractivity contribution < 1.29 is 0 Å². The highest BCUT2D eigenvalue weighted by atomic mass is 35.5. The van der Waals surface area contributed by atoms with Crippen LogP contribution in [0.15, 0.2) is 30.3 Å². The van der Waals surface area contributed by atoms with Gasteiger partial charge in [0.05, 0.1) is 16.4 Å². The van der Waals surface area contributed by atoms with Gasteiger partial charge in [0.15, 0.2) is 11.6 Å². The monoisotopic (exact) mass is 460 g/mol. The summed E-state index contributed by atoms with van der Waals surface area (Å²) < 4.78 is 0. The molecular formula is C21H26Cl2N8. The molecule has 0 aliphatic heterocycles. The van der Waals surface area contributed by atoms with Crippen molar-refractivity contribution in [2.75, 3.05) is 35.6 Å². The van der Waals surface area contributed by atoms with Gasteiger partial charge in [-0.25, -0.2) is 0 Å². The van der Waals surface area contributed by atoms with Crippen molar-refractivity contribution in [1.82, 2.24) is 25.5 Å². The Kier molecular flexibility index (Phi) is 7.11. The van der Waals surface area contributed by atoms with Crippen LogP contribution in [0.2, 0.25) is 10.0 Å². The lowest BCUT2D eigenvalue weighted by atomic mass is 10.3. The molecule has 0 bridgehead atoms. The number of anilines is 5. The molecule has 1 aliphatic carbocycles. The van der Waals surface area contributed by atoms with Crippen molar-refractivity contribution in [2.24, 2.45) is 0 Å². The largest absolute Gasteiger partial charge is 0.354 e. The van der Waals surface area contributed by atoms with Crippen molar-refractivity contribution in [2.45, 2.75) is 32.1 Å². The molecule has 10 heteroatoms. The number of halogens is 2. The Morgan fingerprint density at radius 2 is 1.84 bits per heavy atom. The first-order valence-corrected chi connectivity index (χ1v) is 11.3. The predicted molar refractivity (Wildman–Crippen MR) is 127 cm³/mol. The van der Waals surface area contributed by atoms with E-state index in [1.54, 1.807) is 0 Å². The molecule has 1 aromatic carbocycles. The van der Waals surface area contributed by atoms with Crippen LogP contribution in [-0.4, -0.2) is 39.8 Å². The standard InChI is InChI=1S/C21H26Cl2N8/c1-2-24-10-5-11-25-21-28-19(26-15-7-4-3-6-14(15)22)18(23)20(29-21)27-17-12-16(30-31-17)13-8-9-13/h3-4,6-7,12-13,24H,2,5,8-11H2,1H3,(H4,25,26,27,28,29,30,31). The van der Waals surface area contributed by atoms with Crippen molar-refractivity contribution in [3.8, 4) is 0 Å². The Bertz CT molecular complexity index is 1020. The van der Waals surface area contributed by atoms with Crippen molar-refractivity contribution >= 4 is 52.3 Å². The molecule has 1 fully saturated rings. The molecule has 0 atom stereocenters. The van der Waals surface area contributed by atoms with E-state index < -0.39 is 0 Å². The zero-order valence-corrected chi connectivity index (χ0v) is 18.8. The minimum atomic E-state index is 0.362. The third kappa shape index (κ3) is 5.78. The summed E-state index contributed by atoms with van der Waals surface area (Å²) in [4.78, 5) is 9.14. The highest BCUT2D eigenvalue weighted by Gasteiger charge is 2.26. The summed E-state index contributed by atoms with van der Waals surface area (Å²) in [7, 11) is 0. The van der Waals surface area contributed by atoms with Gasteiger partial charge in [0, 0.05) is 18.5 Å². The van der Waals surface area contributed by atoms with E-state index in [1.807, 2.05) is 30.3 Å². The van der Waals surface area contributed by atoms with Crippen LogP contribution < -0.4 is 21.3 Å². The maximum atomic E-state index is 6.65. The Labute approximate surface area is 191 Å². The smallest absolute Gasteiger partial charge is 0.226 e. The zero-order valence-electron chi connectivity index (χ0n) is 17.3. The van der Waals surface area contributed by atoms with E-state index in [0.717, 1.165) is 37.6 Å². The van der Waals surface area contributed by atoms with Crippen LogP contribution in [0.1, 0.15) is 37.8 Å². The molecule has 3 aromatic rings. The number of rotatable bonds is 11. The van der Waals surface area contributed by atoms with Crippen LogP contribution >= 0.6 is 23.2 Å². The zero-order chi connectivity index (χ0) is 21.6. The number of aromatic amines is 1. The van der Waals surface area contributed by atoms with Crippen LogP contribution in [-0.2, 0) is 0 Å². The number of hydrogen-bond acceptors (Lipinski definition) is 7. The molecule has 5 N–H and O–H groups in total. The van der Waals surface area contributed by atoms with Gasteiger partial charge in [-0.05, 0) is 44.5 Å². The first-order valence-electron chi connectivity index (χ1n) is 10.5. The maximum absolute atomic E-state index is 6.65. The number of para-hydroxylation sites is 1. The lowest BCUT2D eigenvalue weighted by Crippen LogP contribution is -2.18. The summed E-state index contributed by atoms with van der Waals surface area (Å²) in [5.74, 6) is 2.71. The molecule has 0 amide bonds. The van der Waals surface area contributed by atoms with E-state index >= 15 is 0 Å². The van der Waals surface area contributed by atoms with Gasteiger partial charge >= 0.3 is 0 Å². The van der Waals surface area contributed by atoms with Gasteiger partial charge < -0.3 is 21.3 Å². The Morgan fingerprint density at radius 3 is 2.58 bits per heavy atom. The van der Waals surface area contributed by atoms with Crippen LogP contribution in [0, 0.1) is 0 Å². The number of aromatic nitrogens is 4. The molecule has 164 valence electrons. The number of nitrogens with zero attached hydrogens (tertiary/aromatic N) is 3. The molecule has 0 radical (unpaired) electrons. The number of hydrogen-bond donors (Lipinski definition) is 5. The second kappa shape index (κ2) is 10.2. The first-order chi connectivity index (χ1) is 15.1. The van der Waals surface area contributed by atoms with Crippen molar-refractivity contribution in [3.63, 3.8) is 0 Å². The quantitative estimate of drug-likeness (QED) is 0.248. The van der Waals surface area contributed by atoms with E-state index in [0.29, 0.717) is 39.2 Å². The Hall–Kier alpha value is -2.55. The SMILES string of the molecule is CCNCCCNc1nc(Nc2cc(C3CC3)n[nH]2)c(Cl)c(Nc2ccccc2Cl)n1. The molecule has 1 aliphatic rings. The van der Waals surface area contributed by atoms with Gasteiger partial charge in [0.25, 0.3) is 0 Å². The average Bonchev–Trinajstić information content (AvgIpc) is 3.51. The second-order valence-electron chi connectivity index (χ2n) is 7.40. The first kappa shape index (κ1) is 21.7. The summed E-state index contributed by atoms with van der Waals surface area (Å²) in [6, 6.07) is 9.44. The molecule has 2 aromatic heterocycles. The number of benzene rings is 1. The van der Waals surface area contributed by atoms with Gasteiger partial charge in [-0.1, -0.05) is 42.3 Å². The molecule has 0 saturated heterocycles. The van der Waals surface area contributed by atoms with Crippen LogP contribution in [0.3, 0.4) is 0 Å². The van der Waals surface area contributed by atoms with E-state index in [2.05, 4.69) is 48.4 Å². The number of H-pyrrole nitrogens is 1. The molecule has 31 heavy (non-hydrogen) atoms. The third-order valence-electron chi connectivity index (χ3n) is 4.89. The summed E-state index contributed by atoms with van der Waals surface area (Å²) in [6.45, 7) is 4.69. The molecule has 2 heterocycles. The van der Waals surface area contributed by atoms with E-state index in [4.69, 9.17) is 23.2 Å². The van der Waals surface area contributed by atoms with Crippen LogP contribution in [0.25, 0.3) is 0 Å². The fraction of sp³-hybridized carbons (Fsp3) is 0.381. The fourth-order valence-corrected chi connectivity index (χ4v) is 3.45. The lowest BCUT2D eigenvalue weighted by molar-refractivity contribution is 0.687. The number of nitrogens with one attached hydrogen (secondary N) is 5. The van der Waals surface area contributed by atoms with Crippen LogP contribution in [0.4, 0.5) is 29.1 Å².